The van der Waals surface area contributed by atoms with Crippen LogP contribution in [0.2, 0.25) is 0 Å². The zero-order valence-electron chi connectivity index (χ0n) is 6.46. The van der Waals surface area contributed by atoms with E-state index in [1.807, 2.05) is 12.1 Å². The molecule has 0 saturated heterocycles. The van der Waals surface area contributed by atoms with Crippen LogP contribution in [0.25, 0.3) is 0 Å². The number of benzene rings is 1. The first-order valence-electron chi connectivity index (χ1n) is 3.84. The van der Waals surface area contributed by atoms with Crippen molar-refractivity contribution in [1.82, 2.24) is 0 Å². The van der Waals surface area contributed by atoms with Crippen LogP contribution in [0.5, 0.6) is 5.75 Å². The van der Waals surface area contributed by atoms with E-state index in [0.29, 0.717) is 11.8 Å². The SMILES string of the molecule is CC1Cc2cc(O)ccc2N1. The number of fused-ring (bicyclic) bond motifs is 1. The van der Waals surface area contributed by atoms with Gasteiger partial charge in [0, 0.05) is 11.7 Å². The first-order chi connectivity index (χ1) is 5.25. The Morgan fingerprint density at radius 3 is 3.18 bits per heavy atom. The van der Waals surface area contributed by atoms with Gasteiger partial charge in [-0.2, -0.15) is 0 Å². The van der Waals surface area contributed by atoms with E-state index in [4.69, 9.17) is 5.11 Å². The van der Waals surface area contributed by atoms with Gasteiger partial charge in [0.2, 0.25) is 0 Å². The highest BCUT2D eigenvalue weighted by molar-refractivity contribution is 5.58. The Balaban J connectivity index is 2.43. The van der Waals surface area contributed by atoms with Crippen LogP contribution in [0.4, 0.5) is 5.69 Å². The molecule has 2 nitrogen and oxygen atoms in total. The van der Waals surface area contributed by atoms with E-state index < -0.39 is 0 Å². The third-order valence-electron chi connectivity index (χ3n) is 2.02. The third-order valence-corrected chi connectivity index (χ3v) is 2.02. The van der Waals surface area contributed by atoms with Gasteiger partial charge in [0.05, 0.1) is 0 Å². The second-order valence-corrected chi connectivity index (χ2v) is 3.09. The van der Waals surface area contributed by atoms with Gasteiger partial charge in [-0.25, -0.2) is 0 Å². The Kier molecular flexibility index (Phi) is 1.28. The summed E-state index contributed by atoms with van der Waals surface area (Å²) in [5, 5.41) is 12.5. The van der Waals surface area contributed by atoms with Crippen LogP contribution in [0.1, 0.15) is 12.5 Å². The summed E-state index contributed by atoms with van der Waals surface area (Å²) in [5.74, 6) is 0.361. The molecule has 0 fully saturated rings. The molecule has 0 amide bonds. The molecule has 1 aromatic carbocycles. The second-order valence-electron chi connectivity index (χ2n) is 3.09. The average Bonchev–Trinajstić information content (AvgIpc) is 2.27. The summed E-state index contributed by atoms with van der Waals surface area (Å²) in [7, 11) is 0. The van der Waals surface area contributed by atoms with Gasteiger partial charge in [-0.1, -0.05) is 0 Å². The van der Waals surface area contributed by atoms with Gasteiger partial charge < -0.3 is 10.4 Å². The fourth-order valence-electron chi connectivity index (χ4n) is 1.54. The highest BCUT2D eigenvalue weighted by Gasteiger charge is 2.15. The molecule has 1 aromatic rings. The van der Waals surface area contributed by atoms with Crippen molar-refractivity contribution in [2.24, 2.45) is 0 Å². The molecular weight excluding hydrogens is 138 g/mol. The van der Waals surface area contributed by atoms with E-state index in [0.717, 1.165) is 12.1 Å². The van der Waals surface area contributed by atoms with Gasteiger partial charge in [0.25, 0.3) is 0 Å². The monoisotopic (exact) mass is 149 g/mol. The molecule has 1 unspecified atom stereocenters. The number of hydrogen-bond acceptors (Lipinski definition) is 2. The molecule has 0 bridgehead atoms. The van der Waals surface area contributed by atoms with Crippen LogP contribution in [0.3, 0.4) is 0 Å². The molecule has 2 heteroatoms. The highest BCUT2D eigenvalue weighted by Crippen LogP contribution is 2.28. The van der Waals surface area contributed by atoms with Crippen molar-refractivity contribution in [2.45, 2.75) is 19.4 Å². The summed E-state index contributed by atoms with van der Waals surface area (Å²) in [6.45, 7) is 2.14. The molecule has 2 rings (SSSR count). The molecule has 58 valence electrons. The molecule has 0 aliphatic carbocycles. The van der Waals surface area contributed by atoms with Gasteiger partial charge in [-0.3, -0.25) is 0 Å². The largest absolute Gasteiger partial charge is 0.508 e. The maximum Gasteiger partial charge on any atom is 0.116 e. The van der Waals surface area contributed by atoms with Crippen molar-refractivity contribution < 1.29 is 5.11 Å². The lowest BCUT2D eigenvalue weighted by Gasteiger charge is -2.00. The van der Waals surface area contributed by atoms with E-state index in [-0.39, 0.29) is 0 Å². The topological polar surface area (TPSA) is 32.3 Å². The van der Waals surface area contributed by atoms with Crippen molar-refractivity contribution >= 4 is 5.69 Å². The Morgan fingerprint density at radius 1 is 1.55 bits per heavy atom. The lowest BCUT2D eigenvalue weighted by molar-refractivity contribution is 0.475. The molecule has 0 saturated carbocycles. The predicted octanol–water partition coefficient (Wildman–Crippen LogP) is 1.75. The number of rotatable bonds is 0. The van der Waals surface area contributed by atoms with Gasteiger partial charge in [-0.05, 0) is 37.1 Å². The number of anilines is 1. The molecule has 0 aromatic heterocycles. The number of aromatic hydroxyl groups is 1. The molecule has 1 heterocycles. The third kappa shape index (κ3) is 1.04. The summed E-state index contributed by atoms with van der Waals surface area (Å²) < 4.78 is 0. The fourth-order valence-corrected chi connectivity index (χ4v) is 1.54. The van der Waals surface area contributed by atoms with Crippen molar-refractivity contribution in [3.05, 3.63) is 23.8 Å². The normalized spacial score (nSPS) is 21.0. The minimum atomic E-state index is 0.361. The smallest absolute Gasteiger partial charge is 0.116 e. The van der Waals surface area contributed by atoms with Crippen molar-refractivity contribution in [3.8, 4) is 5.75 Å². The van der Waals surface area contributed by atoms with Crippen LogP contribution >= 0.6 is 0 Å². The quantitative estimate of drug-likeness (QED) is 0.551. The molecule has 1 aliphatic rings. The lowest BCUT2D eigenvalue weighted by Crippen LogP contribution is -2.08. The average molecular weight is 149 g/mol. The Labute approximate surface area is 65.9 Å². The van der Waals surface area contributed by atoms with Crippen molar-refractivity contribution in [2.75, 3.05) is 5.32 Å². The number of nitrogens with one attached hydrogen (secondary N) is 1. The Hall–Kier alpha value is -1.18. The first kappa shape index (κ1) is 6.53. The van der Waals surface area contributed by atoms with Gasteiger partial charge in [0.1, 0.15) is 5.75 Å². The minimum absolute atomic E-state index is 0.361. The Morgan fingerprint density at radius 2 is 2.36 bits per heavy atom. The molecule has 1 aliphatic heterocycles. The van der Waals surface area contributed by atoms with E-state index in [1.54, 1.807) is 6.07 Å². The zero-order chi connectivity index (χ0) is 7.84. The second kappa shape index (κ2) is 2.16. The summed E-state index contributed by atoms with van der Waals surface area (Å²) in [4.78, 5) is 0. The van der Waals surface area contributed by atoms with Crippen LogP contribution in [0, 0.1) is 0 Å². The lowest BCUT2D eigenvalue weighted by atomic mass is 10.1. The highest BCUT2D eigenvalue weighted by atomic mass is 16.3. The maximum absolute atomic E-state index is 9.15. The molecule has 1 atom stereocenters. The molecule has 2 N–H and O–H groups in total. The standard InChI is InChI=1S/C9H11NO/c1-6-4-7-5-8(11)2-3-9(7)10-6/h2-3,5-6,10-11H,4H2,1H3. The summed E-state index contributed by atoms with van der Waals surface area (Å²) >= 11 is 0. The molecule has 0 radical (unpaired) electrons. The molecule has 11 heavy (non-hydrogen) atoms. The van der Waals surface area contributed by atoms with E-state index in [9.17, 15) is 0 Å². The van der Waals surface area contributed by atoms with E-state index in [2.05, 4.69) is 12.2 Å². The zero-order valence-corrected chi connectivity index (χ0v) is 6.46. The predicted molar refractivity (Wildman–Crippen MR) is 44.9 cm³/mol. The number of hydrogen-bond donors (Lipinski definition) is 2. The summed E-state index contributed by atoms with van der Waals surface area (Å²) in [6, 6.07) is 5.97. The van der Waals surface area contributed by atoms with E-state index in [1.165, 1.54) is 5.56 Å². The van der Waals surface area contributed by atoms with Crippen molar-refractivity contribution in [1.29, 1.82) is 0 Å². The maximum atomic E-state index is 9.15. The first-order valence-corrected chi connectivity index (χ1v) is 3.84. The number of phenols is 1. The fraction of sp³-hybridized carbons (Fsp3) is 0.333. The van der Waals surface area contributed by atoms with Gasteiger partial charge >= 0.3 is 0 Å². The van der Waals surface area contributed by atoms with Crippen LogP contribution in [-0.4, -0.2) is 11.1 Å². The molecular formula is C9H11NO. The van der Waals surface area contributed by atoms with Gasteiger partial charge in [-0.15, -0.1) is 0 Å². The van der Waals surface area contributed by atoms with Crippen molar-refractivity contribution in [3.63, 3.8) is 0 Å². The molecule has 0 spiro atoms. The van der Waals surface area contributed by atoms with Crippen LogP contribution in [-0.2, 0) is 6.42 Å². The van der Waals surface area contributed by atoms with E-state index >= 15 is 0 Å². The van der Waals surface area contributed by atoms with Gasteiger partial charge in [0.15, 0.2) is 0 Å². The Bertz CT molecular complexity index is 283. The van der Waals surface area contributed by atoms with Crippen LogP contribution < -0.4 is 5.32 Å². The minimum Gasteiger partial charge on any atom is -0.508 e. The summed E-state index contributed by atoms with van der Waals surface area (Å²) in [5.41, 5.74) is 2.38. The van der Waals surface area contributed by atoms with Crippen LogP contribution in [0.15, 0.2) is 18.2 Å². The number of phenolic OH excluding ortho intramolecular Hbond substituents is 1. The summed E-state index contributed by atoms with van der Waals surface area (Å²) in [6.07, 6.45) is 1.02.